The molecule has 0 amide bonds. The maximum Gasteiger partial charge on any atom is 0.339 e. The SMILES string of the molecule is Cc1oc(CNCCN(C(C)C)C(C)C)cc1C(=O)O. The third-order valence-electron chi connectivity index (χ3n) is 3.37. The van der Waals surface area contributed by atoms with E-state index in [1.807, 2.05) is 0 Å². The van der Waals surface area contributed by atoms with Crippen LogP contribution >= 0.6 is 0 Å². The Morgan fingerprint density at radius 1 is 1.35 bits per heavy atom. The van der Waals surface area contributed by atoms with Crippen LogP contribution in [0, 0.1) is 6.92 Å². The number of nitrogens with zero attached hydrogens (tertiary/aromatic N) is 1. The second-order valence-corrected chi connectivity index (χ2v) is 5.59. The average molecular weight is 282 g/mol. The second kappa shape index (κ2) is 7.45. The van der Waals surface area contributed by atoms with Gasteiger partial charge in [0.2, 0.25) is 0 Å². The van der Waals surface area contributed by atoms with Gasteiger partial charge in [0.25, 0.3) is 0 Å². The van der Waals surface area contributed by atoms with Gasteiger partial charge in [0.05, 0.1) is 6.54 Å². The van der Waals surface area contributed by atoms with Crippen molar-refractivity contribution in [3.8, 4) is 0 Å². The summed E-state index contributed by atoms with van der Waals surface area (Å²) in [7, 11) is 0. The van der Waals surface area contributed by atoms with Gasteiger partial charge in [-0.25, -0.2) is 4.79 Å². The number of aromatic carboxylic acids is 1. The predicted molar refractivity (Wildman–Crippen MR) is 79.1 cm³/mol. The van der Waals surface area contributed by atoms with E-state index < -0.39 is 5.97 Å². The number of carbonyl (C=O) groups is 1. The summed E-state index contributed by atoms with van der Waals surface area (Å²) < 4.78 is 5.42. The number of carboxylic acid groups (broad SMARTS) is 1. The van der Waals surface area contributed by atoms with Gasteiger partial charge in [0, 0.05) is 25.2 Å². The second-order valence-electron chi connectivity index (χ2n) is 5.59. The number of rotatable bonds is 8. The van der Waals surface area contributed by atoms with Crippen molar-refractivity contribution in [2.45, 2.75) is 53.2 Å². The van der Waals surface area contributed by atoms with E-state index in [4.69, 9.17) is 9.52 Å². The van der Waals surface area contributed by atoms with Crippen molar-refractivity contribution in [3.05, 3.63) is 23.2 Å². The molecule has 20 heavy (non-hydrogen) atoms. The molecule has 0 aliphatic carbocycles. The largest absolute Gasteiger partial charge is 0.478 e. The van der Waals surface area contributed by atoms with E-state index in [0.717, 1.165) is 13.1 Å². The van der Waals surface area contributed by atoms with Crippen LogP contribution in [-0.4, -0.2) is 41.1 Å². The monoisotopic (exact) mass is 282 g/mol. The Kier molecular flexibility index (Phi) is 6.23. The fourth-order valence-electron chi connectivity index (χ4n) is 2.38. The topological polar surface area (TPSA) is 65.7 Å². The van der Waals surface area contributed by atoms with Gasteiger partial charge >= 0.3 is 5.97 Å². The standard InChI is InChI=1S/C15H26N2O3/c1-10(2)17(11(3)4)7-6-16-9-13-8-14(15(18)19)12(5)20-13/h8,10-11,16H,6-7,9H2,1-5H3,(H,18,19). The molecule has 0 aliphatic rings. The van der Waals surface area contributed by atoms with Crippen molar-refractivity contribution in [3.63, 3.8) is 0 Å². The fourth-order valence-corrected chi connectivity index (χ4v) is 2.38. The highest BCUT2D eigenvalue weighted by molar-refractivity contribution is 5.88. The van der Waals surface area contributed by atoms with E-state index in [-0.39, 0.29) is 5.56 Å². The lowest BCUT2D eigenvalue weighted by atomic mass is 10.2. The molecule has 1 aromatic rings. The Hall–Kier alpha value is -1.33. The Bertz CT molecular complexity index is 430. The van der Waals surface area contributed by atoms with Crippen LogP contribution in [-0.2, 0) is 6.54 Å². The smallest absolute Gasteiger partial charge is 0.339 e. The van der Waals surface area contributed by atoms with Crippen molar-refractivity contribution in [1.82, 2.24) is 10.2 Å². The first-order chi connectivity index (χ1) is 9.32. The summed E-state index contributed by atoms with van der Waals surface area (Å²) in [5, 5.41) is 12.3. The fraction of sp³-hybridized carbons (Fsp3) is 0.667. The van der Waals surface area contributed by atoms with Gasteiger partial charge in [0.1, 0.15) is 17.1 Å². The van der Waals surface area contributed by atoms with Crippen LogP contribution in [0.1, 0.15) is 49.6 Å². The highest BCUT2D eigenvalue weighted by atomic mass is 16.4. The number of furan rings is 1. The molecule has 0 saturated carbocycles. The highest BCUT2D eigenvalue weighted by Crippen LogP contribution is 2.14. The van der Waals surface area contributed by atoms with E-state index >= 15 is 0 Å². The Balaban J connectivity index is 2.41. The maximum atomic E-state index is 10.9. The highest BCUT2D eigenvalue weighted by Gasteiger charge is 2.14. The molecule has 0 aliphatic heterocycles. The normalized spacial score (nSPS) is 11.8. The van der Waals surface area contributed by atoms with Gasteiger partial charge in [0.15, 0.2) is 0 Å². The summed E-state index contributed by atoms with van der Waals surface area (Å²) in [6.45, 7) is 12.8. The number of hydrogen-bond acceptors (Lipinski definition) is 4. The summed E-state index contributed by atoms with van der Waals surface area (Å²) in [5.41, 5.74) is 0.243. The molecule has 0 fully saturated rings. The van der Waals surface area contributed by atoms with E-state index in [1.54, 1.807) is 13.0 Å². The molecule has 5 nitrogen and oxygen atoms in total. The van der Waals surface area contributed by atoms with Crippen LogP contribution in [0.15, 0.2) is 10.5 Å². The third-order valence-corrected chi connectivity index (χ3v) is 3.37. The number of carboxylic acids is 1. The summed E-state index contributed by atoms with van der Waals surface area (Å²) in [4.78, 5) is 13.3. The van der Waals surface area contributed by atoms with Crippen molar-refractivity contribution >= 4 is 5.97 Å². The van der Waals surface area contributed by atoms with Gasteiger partial charge in [-0.15, -0.1) is 0 Å². The molecule has 114 valence electrons. The average Bonchev–Trinajstić information content (AvgIpc) is 2.69. The molecular weight excluding hydrogens is 256 g/mol. The molecule has 1 rings (SSSR count). The first-order valence-electron chi connectivity index (χ1n) is 7.12. The first kappa shape index (κ1) is 16.7. The summed E-state index contributed by atoms with van der Waals surface area (Å²) in [6.07, 6.45) is 0. The molecule has 0 unspecified atom stereocenters. The molecular formula is C15H26N2O3. The van der Waals surface area contributed by atoms with Crippen LogP contribution in [0.25, 0.3) is 0 Å². The molecule has 0 atom stereocenters. The van der Waals surface area contributed by atoms with Crippen LogP contribution in [0.2, 0.25) is 0 Å². The zero-order chi connectivity index (χ0) is 15.3. The van der Waals surface area contributed by atoms with Crippen LogP contribution in [0.4, 0.5) is 0 Å². The third kappa shape index (κ3) is 4.65. The lowest BCUT2D eigenvalue weighted by Crippen LogP contribution is -2.41. The minimum atomic E-state index is -0.941. The maximum absolute atomic E-state index is 10.9. The first-order valence-corrected chi connectivity index (χ1v) is 7.12. The summed E-state index contributed by atoms with van der Waals surface area (Å²) in [6, 6.07) is 2.62. The van der Waals surface area contributed by atoms with Crippen molar-refractivity contribution < 1.29 is 14.3 Å². The zero-order valence-electron chi connectivity index (χ0n) is 13.1. The molecule has 0 radical (unpaired) electrons. The lowest BCUT2D eigenvalue weighted by Gasteiger charge is -2.30. The van der Waals surface area contributed by atoms with Gasteiger partial charge < -0.3 is 14.8 Å². The van der Waals surface area contributed by atoms with Gasteiger partial charge in [-0.05, 0) is 40.7 Å². The Labute approximate surface area is 121 Å². The van der Waals surface area contributed by atoms with Gasteiger partial charge in [-0.3, -0.25) is 4.90 Å². The zero-order valence-corrected chi connectivity index (χ0v) is 13.1. The molecule has 0 saturated heterocycles. The van der Waals surface area contributed by atoms with Gasteiger partial charge in [-0.1, -0.05) is 0 Å². The van der Waals surface area contributed by atoms with E-state index in [9.17, 15) is 4.79 Å². The number of hydrogen-bond donors (Lipinski definition) is 2. The molecule has 0 aromatic carbocycles. The lowest BCUT2D eigenvalue weighted by molar-refractivity contribution is 0.0695. The predicted octanol–water partition coefficient (Wildman–Crippen LogP) is 2.49. The molecule has 0 bridgehead atoms. The summed E-state index contributed by atoms with van der Waals surface area (Å²) >= 11 is 0. The van der Waals surface area contributed by atoms with E-state index in [0.29, 0.717) is 30.1 Å². The molecule has 5 heteroatoms. The molecule has 2 N–H and O–H groups in total. The Morgan fingerprint density at radius 3 is 2.40 bits per heavy atom. The van der Waals surface area contributed by atoms with Crippen LogP contribution in [0.3, 0.4) is 0 Å². The number of aryl methyl sites for hydroxylation is 1. The van der Waals surface area contributed by atoms with E-state index in [1.165, 1.54) is 0 Å². The van der Waals surface area contributed by atoms with Crippen molar-refractivity contribution in [2.24, 2.45) is 0 Å². The molecule has 1 aromatic heterocycles. The molecule has 0 spiro atoms. The van der Waals surface area contributed by atoms with Crippen molar-refractivity contribution in [1.29, 1.82) is 0 Å². The molecule has 1 heterocycles. The van der Waals surface area contributed by atoms with Crippen LogP contribution < -0.4 is 5.32 Å². The van der Waals surface area contributed by atoms with Crippen molar-refractivity contribution in [2.75, 3.05) is 13.1 Å². The summed E-state index contributed by atoms with van der Waals surface area (Å²) in [5.74, 6) is 0.184. The van der Waals surface area contributed by atoms with Crippen LogP contribution in [0.5, 0.6) is 0 Å². The quantitative estimate of drug-likeness (QED) is 0.717. The number of nitrogens with one attached hydrogen (secondary N) is 1. The Morgan fingerprint density at radius 2 is 1.95 bits per heavy atom. The van der Waals surface area contributed by atoms with E-state index in [2.05, 4.69) is 37.9 Å². The van der Waals surface area contributed by atoms with Gasteiger partial charge in [-0.2, -0.15) is 0 Å². The minimum absolute atomic E-state index is 0.243. The minimum Gasteiger partial charge on any atom is -0.478 e.